The molecule has 2 atom stereocenters. The standard InChI is InChI=1S/C9H11N/c1-7-2-3-9-8(6-7)4-5-10-9/h2-3,5-6,8-9H,4H2,1H3. The summed E-state index contributed by atoms with van der Waals surface area (Å²) in [5, 5.41) is 0. The lowest BCUT2D eigenvalue weighted by molar-refractivity contribution is 0.632. The Balaban J connectivity index is 2.25. The minimum absolute atomic E-state index is 0.462. The Morgan fingerprint density at radius 1 is 1.60 bits per heavy atom. The van der Waals surface area contributed by atoms with Crippen LogP contribution in [0.4, 0.5) is 0 Å². The van der Waals surface area contributed by atoms with Gasteiger partial charge in [0.2, 0.25) is 0 Å². The molecular weight excluding hydrogens is 122 g/mol. The van der Waals surface area contributed by atoms with E-state index in [1.165, 1.54) is 5.57 Å². The molecule has 0 aromatic rings. The fourth-order valence-electron chi connectivity index (χ4n) is 1.56. The third-order valence-electron chi connectivity index (χ3n) is 2.13. The molecule has 2 aliphatic rings. The van der Waals surface area contributed by atoms with E-state index in [9.17, 15) is 0 Å². The monoisotopic (exact) mass is 133 g/mol. The minimum atomic E-state index is 0.462. The lowest BCUT2D eigenvalue weighted by Crippen LogP contribution is -2.11. The van der Waals surface area contributed by atoms with Crippen LogP contribution in [0, 0.1) is 5.92 Å². The molecule has 10 heavy (non-hydrogen) atoms. The van der Waals surface area contributed by atoms with E-state index in [2.05, 4.69) is 30.1 Å². The van der Waals surface area contributed by atoms with E-state index in [0.717, 1.165) is 6.42 Å². The molecule has 2 rings (SSSR count). The molecule has 1 nitrogen and oxygen atoms in total. The quantitative estimate of drug-likeness (QED) is 0.479. The summed E-state index contributed by atoms with van der Waals surface area (Å²) in [7, 11) is 0. The summed E-state index contributed by atoms with van der Waals surface area (Å²) in [6.07, 6.45) is 9.84. The zero-order chi connectivity index (χ0) is 6.97. The first-order valence-electron chi connectivity index (χ1n) is 3.74. The van der Waals surface area contributed by atoms with Gasteiger partial charge in [0.1, 0.15) is 0 Å². The molecule has 0 radical (unpaired) electrons. The maximum atomic E-state index is 4.34. The highest BCUT2D eigenvalue weighted by Crippen LogP contribution is 2.25. The van der Waals surface area contributed by atoms with Crippen molar-refractivity contribution in [2.45, 2.75) is 19.4 Å². The minimum Gasteiger partial charge on any atom is -0.289 e. The number of allylic oxidation sites excluding steroid dienone is 2. The second-order valence-electron chi connectivity index (χ2n) is 2.99. The molecule has 0 spiro atoms. The van der Waals surface area contributed by atoms with Crippen LogP contribution >= 0.6 is 0 Å². The molecule has 52 valence electrons. The maximum absolute atomic E-state index is 4.34. The Kier molecular flexibility index (Phi) is 1.23. The van der Waals surface area contributed by atoms with E-state index in [-0.39, 0.29) is 0 Å². The molecule has 1 aliphatic carbocycles. The first-order chi connectivity index (χ1) is 4.86. The summed E-state index contributed by atoms with van der Waals surface area (Å²) in [5.41, 5.74) is 1.38. The van der Waals surface area contributed by atoms with Crippen LogP contribution < -0.4 is 0 Å². The van der Waals surface area contributed by atoms with Gasteiger partial charge in [-0.05, 0) is 13.3 Å². The van der Waals surface area contributed by atoms with Crippen molar-refractivity contribution >= 4 is 6.21 Å². The normalized spacial score (nSPS) is 35.9. The van der Waals surface area contributed by atoms with Crippen LogP contribution in [0.15, 0.2) is 28.8 Å². The molecule has 0 saturated heterocycles. The molecule has 0 saturated carbocycles. The number of fused-ring (bicyclic) bond motifs is 1. The Morgan fingerprint density at radius 2 is 2.50 bits per heavy atom. The highest BCUT2D eigenvalue weighted by atomic mass is 14.8. The predicted molar refractivity (Wildman–Crippen MR) is 43.3 cm³/mol. The summed E-state index contributed by atoms with van der Waals surface area (Å²) < 4.78 is 0. The van der Waals surface area contributed by atoms with Crippen molar-refractivity contribution in [1.82, 2.24) is 0 Å². The van der Waals surface area contributed by atoms with Crippen molar-refractivity contribution < 1.29 is 0 Å². The van der Waals surface area contributed by atoms with E-state index in [0.29, 0.717) is 12.0 Å². The number of rotatable bonds is 0. The summed E-state index contributed by atoms with van der Waals surface area (Å²) in [6.45, 7) is 2.14. The van der Waals surface area contributed by atoms with Crippen molar-refractivity contribution in [3.63, 3.8) is 0 Å². The lowest BCUT2D eigenvalue weighted by atomic mass is 9.92. The van der Waals surface area contributed by atoms with Crippen LogP contribution in [-0.4, -0.2) is 12.3 Å². The molecule has 1 aliphatic heterocycles. The van der Waals surface area contributed by atoms with Gasteiger partial charge in [-0.15, -0.1) is 0 Å². The fourth-order valence-corrected chi connectivity index (χ4v) is 1.56. The number of hydrogen-bond acceptors (Lipinski definition) is 1. The highest BCUT2D eigenvalue weighted by Gasteiger charge is 2.21. The van der Waals surface area contributed by atoms with Crippen molar-refractivity contribution in [1.29, 1.82) is 0 Å². The van der Waals surface area contributed by atoms with Gasteiger partial charge in [-0.3, -0.25) is 4.99 Å². The summed E-state index contributed by atoms with van der Waals surface area (Å²) >= 11 is 0. The van der Waals surface area contributed by atoms with Crippen molar-refractivity contribution in [3.8, 4) is 0 Å². The number of aliphatic imine (C=N–C) groups is 1. The largest absolute Gasteiger partial charge is 0.289 e. The zero-order valence-corrected chi connectivity index (χ0v) is 6.12. The zero-order valence-electron chi connectivity index (χ0n) is 6.12. The molecule has 1 heteroatoms. The van der Waals surface area contributed by atoms with Gasteiger partial charge in [-0.2, -0.15) is 0 Å². The Hall–Kier alpha value is -0.850. The average molecular weight is 133 g/mol. The van der Waals surface area contributed by atoms with Gasteiger partial charge in [0.05, 0.1) is 6.04 Å². The first-order valence-corrected chi connectivity index (χ1v) is 3.74. The van der Waals surface area contributed by atoms with Crippen LogP contribution in [0.1, 0.15) is 13.3 Å². The molecule has 0 amide bonds. The van der Waals surface area contributed by atoms with Gasteiger partial charge in [0, 0.05) is 12.1 Å². The number of nitrogens with zero attached hydrogens (tertiary/aromatic N) is 1. The molecule has 0 aromatic heterocycles. The molecule has 0 aromatic carbocycles. The second-order valence-corrected chi connectivity index (χ2v) is 2.99. The second kappa shape index (κ2) is 2.08. The van der Waals surface area contributed by atoms with Crippen molar-refractivity contribution in [2.75, 3.05) is 0 Å². The van der Waals surface area contributed by atoms with Gasteiger partial charge in [0.15, 0.2) is 0 Å². The van der Waals surface area contributed by atoms with Gasteiger partial charge in [-0.25, -0.2) is 0 Å². The van der Waals surface area contributed by atoms with Gasteiger partial charge < -0.3 is 0 Å². The van der Waals surface area contributed by atoms with Gasteiger partial charge in [-0.1, -0.05) is 23.8 Å². The molecule has 2 unspecified atom stereocenters. The molecule has 1 heterocycles. The van der Waals surface area contributed by atoms with Crippen LogP contribution in [0.3, 0.4) is 0 Å². The van der Waals surface area contributed by atoms with E-state index in [4.69, 9.17) is 0 Å². The SMILES string of the molecule is CC1=CC2CC=NC2C=C1. The third kappa shape index (κ3) is 0.821. The molecule has 0 N–H and O–H groups in total. The van der Waals surface area contributed by atoms with Crippen molar-refractivity contribution in [3.05, 3.63) is 23.8 Å². The Bertz CT molecular complexity index is 223. The average Bonchev–Trinajstić information content (AvgIpc) is 2.33. The molecular formula is C9H11N. The van der Waals surface area contributed by atoms with E-state index in [1.807, 2.05) is 6.21 Å². The van der Waals surface area contributed by atoms with Gasteiger partial charge >= 0.3 is 0 Å². The molecule has 0 fully saturated rings. The lowest BCUT2D eigenvalue weighted by Gasteiger charge is -2.14. The first kappa shape index (κ1) is 5.90. The summed E-state index contributed by atoms with van der Waals surface area (Å²) in [6, 6.07) is 0.462. The Labute approximate surface area is 61.2 Å². The summed E-state index contributed by atoms with van der Waals surface area (Å²) in [4.78, 5) is 4.34. The highest BCUT2D eigenvalue weighted by molar-refractivity contribution is 5.62. The summed E-state index contributed by atoms with van der Waals surface area (Å²) in [5.74, 6) is 0.671. The smallest absolute Gasteiger partial charge is 0.0745 e. The van der Waals surface area contributed by atoms with E-state index >= 15 is 0 Å². The third-order valence-corrected chi connectivity index (χ3v) is 2.13. The maximum Gasteiger partial charge on any atom is 0.0745 e. The number of hydrogen-bond donors (Lipinski definition) is 0. The molecule has 0 bridgehead atoms. The van der Waals surface area contributed by atoms with Crippen molar-refractivity contribution in [2.24, 2.45) is 10.9 Å². The van der Waals surface area contributed by atoms with Crippen LogP contribution in [0.2, 0.25) is 0 Å². The Morgan fingerprint density at radius 3 is 3.40 bits per heavy atom. The van der Waals surface area contributed by atoms with E-state index < -0.39 is 0 Å². The fraction of sp³-hybridized carbons (Fsp3) is 0.444. The predicted octanol–water partition coefficient (Wildman–Crippen LogP) is 1.96. The van der Waals surface area contributed by atoms with Crippen LogP contribution in [0.5, 0.6) is 0 Å². The van der Waals surface area contributed by atoms with E-state index in [1.54, 1.807) is 0 Å². The van der Waals surface area contributed by atoms with Gasteiger partial charge in [0.25, 0.3) is 0 Å². The topological polar surface area (TPSA) is 12.4 Å². The van der Waals surface area contributed by atoms with Crippen LogP contribution in [-0.2, 0) is 0 Å². The van der Waals surface area contributed by atoms with Crippen LogP contribution in [0.25, 0.3) is 0 Å².